The first kappa shape index (κ1) is 17.1. The maximum Gasteiger partial charge on any atom is 0.226 e. The fourth-order valence-electron chi connectivity index (χ4n) is 2.76. The number of benzene rings is 1. The molecule has 1 amide bonds. The minimum atomic E-state index is 0. The largest absolute Gasteiger partial charge is 0.324 e. The summed E-state index contributed by atoms with van der Waals surface area (Å²) in [5.74, 6) is 1.12. The number of fused-ring (bicyclic) bond motifs is 1. The molecule has 0 unspecified atom stereocenters. The molecule has 0 aliphatic carbocycles. The molecule has 7 heteroatoms. The quantitative estimate of drug-likeness (QED) is 0.797. The first-order chi connectivity index (χ1) is 10.2. The summed E-state index contributed by atoms with van der Waals surface area (Å²) in [5.41, 5.74) is 1.52. The van der Waals surface area contributed by atoms with Gasteiger partial charge in [-0.1, -0.05) is 17.7 Å². The summed E-state index contributed by atoms with van der Waals surface area (Å²) in [6.07, 6.45) is 3.80. The summed E-state index contributed by atoms with van der Waals surface area (Å²) in [6.45, 7) is 2.13. The number of amides is 1. The summed E-state index contributed by atoms with van der Waals surface area (Å²) < 4.78 is 0. The van der Waals surface area contributed by atoms with Crippen LogP contribution in [-0.2, 0) is 4.79 Å². The summed E-state index contributed by atoms with van der Waals surface area (Å²) in [6, 6.07) is 5.53. The molecule has 0 saturated carbocycles. The lowest BCUT2D eigenvalue weighted by Gasteiger charge is -2.21. The van der Waals surface area contributed by atoms with Gasteiger partial charge < -0.3 is 10.3 Å². The van der Waals surface area contributed by atoms with Crippen molar-refractivity contribution in [3.05, 3.63) is 23.2 Å². The molecule has 0 radical (unpaired) electrons. The monoisotopic (exact) mass is 342 g/mol. The summed E-state index contributed by atoms with van der Waals surface area (Å²) in [5, 5.41) is 6.73. The van der Waals surface area contributed by atoms with Crippen LogP contribution in [0.4, 0.5) is 5.95 Å². The summed E-state index contributed by atoms with van der Waals surface area (Å²) >= 11 is 6.07. The van der Waals surface area contributed by atoms with E-state index in [1.807, 2.05) is 12.1 Å². The SMILES string of the molecule is Cl.O=C(CCC1CCNCC1)Nc1nc2c(Cl)cccc2[nH]1. The van der Waals surface area contributed by atoms with Crippen molar-refractivity contribution in [2.24, 2.45) is 5.92 Å². The number of anilines is 1. The number of hydrogen-bond donors (Lipinski definition) is 3. The highest BCUT2D eigenvalue weighted by Crippen LogP contribution is 2.23. The molecule has 1 aliphatic rings. The Balaban J connectivity index is 0.00000176. The second-order valence-corrected chi connectivity index (χ2v) is 5.91. The highest BCUT2D eigenvalue weighted by atomic mass is 35.5. The van der Waals surface area contributed by atoms with Crippen LogP contribution in [0.1, 0.15) is 25.7 Å². The lowest BCUT2D eigenvalue weighted by molar-refractivity contribution is -0.116. The molecule has 1 aromatic carbocycles. The number of nitrogens with zero attached hydrogens (tertiary/aromatic N) is 1. The fraction of sp³-hybridized carbons (Fsp3) is 0.467. The van der Waals surface area contributed by atoms with Crippen molar-refractivity contribution < 1.29 is 4.79 Å². The molecule has 1 fully saturated rings. The van der Waals surface area contributed by atoms with Crippen molar-refractivity contribution in [2.45, 2.75) is 25.7 Å². The number of hydrogen-bond acceptors (Lipinski definition) is 3. The molecule has 5 nitrogen and oxygen atoms in total. The van der Waals surface area contributed by atoms with E-state index in [1.165, 1.54) is 0 Å². The molecule has 1 aliphatic heterocycles. The van der Waals surface area contributed by atoms with Crippen LogP contribution in [0.5, 0.6) is 0 Å². The van der Waals surface area contributed by atoms with Crippen molar-refractivity contribution >= 4 is 46.9 Å². The average Bonchev–Trinajstić information content (AvgIpc) is 2.90. The van der Waals surface area contributed by atoms with E-state index in [0.717, 1.165) is 37.9 Å². The number of halogens is 2. The topological polar surface area (TPSA) is 69.8 Å². The molecule has 3 rings (SSSR count). The van der Waals surface area contributed by atoms with Gasteiger partial charge in [-0.2, -0.15) is 0 Å². The van der Waals surface area contributed by atoms with Crippen LogP contribution in [0, 0.1) is 5.92 Å². The number of aromatic amines is 1. The van der Waals surface area contributed by atoms with Gasteiger partial charge in [-0.05, 0) is 50.4 Å². The third-order valence-corrected chi connectivity index (χ3v) is 4.26. The molecular formula is C15H20Cl2N4O. The smallest absolute Gasteiger partial charge is 0.226 e. The molecule has 120 valence electrons. The zero-order chi connectivity index (χ0) is 14.7. The Hall–Kier alpha value is -1.30. The van der Waals surface area contributed by atoms with E-state index in [0.29, 0.717) is 28.8 Å². The van der Waals surface area contributed by atoms with Gasteiger partial charge in [-0.15, -0.1) is 12.4 Å². The van der Waals surface area contributed by atoms with Gasteiger partial charge in [0.25, 0.3) is 0 Å². The number of aromatic nitrogens is 2. The van der Waals surface area contributed by atoms with Crippen LogP contribution >= 0.6 is 24.0 Å². The van der Waals surface area contributed by atoms with E-state index < -0.39 is 0 Å². The van der Waals surface area contributed by atoms with Crippen LogP contribution in [0.15, 0.2) is 18.2 Å². The number of H-pyrrole nitrogens is 1. The van der Waals surface area contributed by atoms with Crippen LogP contribution in [-0.4, -0.2) is 29.0 Å². The Labute approximate surface area is 140 Å². The van der Waals surface area contributed by atoms with Crippen molar-refractivity contribution in [3.8, 4) is 0 Å². The Morgan fingerprint density at radius 3 is 2.86 bits per heavy atom. The zero-order valence-electron chi connectivity index (χ0n) is 12.2. The van der Waals surface area contributed by atoms with Crippen LogP contribution in [0.3, 0.4) is 0 Å². The van der Waals surface area contributed by atoms with Gasteiger partial charge in [0, 0.05) is 6.42 Å². The van der Waals surface area contributed by atoms with Gasteiger partial charge in [-0.25, -0.2) is 4.98 Å². The van der Waals surface area contributed by atoms with Crippen molar-refractivity contribution in [1.29, 1.82) is 0 Å². The molecule has 22 heavy (non-hydrogen) atoms. The Morgan fingerprint density at radius 2 is 2.14 bits per heavy atom. The van der Waals surface area contributed by atoms with E-state index in [9.17, 15) is 4.79 Å². The first-order valence-corrected chi connectivity index (χ1v) is 7.75. The van der Waals surface area contributed by atoms with E-state index in [1.54, 1.807) is 6.07 Å². The number of imidazole rings is 1. The van der Waals surface area contributed by atoms with E-state index in [2.05, 4.69) is 20.6 Å². The molecule has 0 bridgehead atoms. The lowest BCUT2D eigenvalue weighted by Crippen LogP contribution is -2.28. The second-order valence-electron chi connectivity index (χ2n) is 5.50. The Kier molecular flexibility index (Phi) is 6.06. The van der Waals surface area contributed by atoms with Gasteiger partial charge in [0.05, 0.1) is 10.5 Å². The molecule has 2 heterocycles. The predicted octanol–water partition coefficient (Wildman–Crippen LogP) is 3.36. The van der Waals surface area contributed by atoms with Crippen LogP contribution in [0.2, 0.25) is 5.02 Å². The molecule has 1 aromatic heterocycles. The number of piperidine rings is 1. The average molecular weight is 343 g/mol. The Bertz CT molecular complexity index is 638. The van der Waals surface area contributed by atoms with E-state index in [-0.39, 0.29) is 18.3 Å². The number of nitrogens with one attached hydrogen (secondary N) is 3. The molecule has 0 spiro atoms. The zero-order valence-corrected chi connectivity index (χ0v) is 13.8. The van der Waals surface area contributed by atoms with Gasteiger partial charge in [-0.3, -0.25) is 10.1 Å². The highest BCUT2D eigenvalue weighted by Gasteiger charge is 2.15. The fourth-order valence-corrected chi connectivity index (χ4v) is 2.97. The van der Waals surface area contributed by atoms with Crippen molar-refractivity contribution in [3.63, 3.8) is 0 Å². The molecule has 0 atom stereocenters. The van der Waals surface area contributed by atoms with Gasteiger partial charge in [0.1, 0.15) is 5.52 Å². The number of rotatable bonds is 4. The highest BCUT2D eigenvalue weighted by molar-refractivity contribution is 6.35. The normalized spacial score (nSPS) is 15.5. The van der Waals surface area contributed by atoms with Crippen molar-refractivity contribution in [2.75, 3.05) is 18.4 Å². The van der Waals surface area contributed by atoms with E-state index in [4.69, 9.17) is 11.6 Å². The number of carbonyl (C=O) groups excluding carboxylic acids is 1. The minimum absolute atomic E-state index is 0. The van der Waals surface area contributed by atoms with Crippen LogP contribution in [0.25, 0.3) is 11.0 Å². The second kappa shape index (κ2) is 7.81. The third-order valence-electron chi connectivity index (χ3n) is 3.96. The molecule has 3 N–H and O–H groups in total. The first-order valence-electron chi connectivity index (χ1n) is 7.37. The lowest BCUT2D eigenvalue weighted by atomic mass is 9.93. The molecular weight excluding hydrogens is 323 g/mol. The maximum atomic E-state index is 12.0. The van der Waals surface area contributed by atoms with E-state index >= 15 is 0 Å². The number of carbonyl (C=O) groups is 1. The molecule has 2 aromatic rings. The third kappa shape index (κ3) is 4.12. The van der Waals surface area contributed by atoms with Crippen molar-refractivity contribution in [1.82, 2.24) is 15.3 Å². The van der Waals surface area contributed by atoms with Gasteiger partial charge >= 0.3 is 0 Å². The summed E-state index contributed by atoms with van der Waals surface area (Å²) in [4.78, 5) is 19.4. The minimum Gasteiger partial charge on any atom is -0.324 e. The standard InChI is InChI=1S/C15H19ClN4O.ClH/c16-11-2-1-3-12-14(11)20-15(18-12)19-13(21)5-4-10-6-8-17-9-7-10;/h1-3,10,17H,4-9H2,(H2,18,19,20,21);1H. The number of para-hydroxylation sites is 1. The predicted molar refractivity (Wildman–Crippen MR) is 91.8 cm³/mol. The Morgan fingerprint density at radius 1 is 1.36 bits per heavy atom. The van der Waals surface area contributed by atoms with Gasteiger partial charge in [0.15, 0.2) is 0 Å². The summed E-state index contributed by atoms with van der Waals surface area (Å²) in [7, 11) is 0. The molecule has 1 saturated heterocycles. The van der Waals surface area contributed by atoms with Gasteiger partial charge in [0.2, 0.25) is 11.9 Å². The maximum absolute atomic E-state index is 12.0. The van der Waals surface area contributed by atoms with Crippen LogP contribution < -0.4 is 10.6 Å².